The minimum Gasteiger partial charge on any atom is -0.462 e. The van der Waals surface area contributed by atoms with Crippen LogP contribution in [0, 0.1) is 0 Å². The maximum absolute atomic E-state index is 13.1. The van der Waals surface area contributed by atoms with Gasteiger partial charge in [-0.15, -0.1) is 0 Å². The van der Waals surface area contributed by atoms with E-state index in [1.54, 1.807) is 0 Å². The highest BCUT2D eigenvalue weighted by atomic mass is 16.5. The largest absolute Gasteiger partial charge is 0.462 e. The van der Waals surface area contributed by atoms with E-state index < -0.39 is 18.2 Å². The molecule has 6 heteroatoms. The third-order valence-corrected chi connectivity index (χ3v) is 10.9. The summed E-state index contributed by atoms with van der Waals surface area (Å²) in [4.78, 5) is 26.0. The van der Waals surface area contributed by atoms with E-state index in [9.17, 15) is 19.8 Å². The van der Waals surface area contributed by atoms with Crippen LogP contribution in [0.2, 0.25) is 0 Å². The van der Waals surface area contributed by atoms with Crippen molar-refractivity contribution < 1.29 is 24.5 Å². The predicted octanol–water partition coefficient (Wildman–Crippen LogP) is 14.3. The van der Waals surface area contributed by atoms with Gasteiger partial charge in [0, 0.05) is 6.42 Å². The van der Waals surface area contributed by atoms with Gasteiger partial charge in [-0.3, -0.25) is 9.59 Å². The smallest absolute Gasteiger partial charge is 0.306 e. The molecule has 0 aromatic rings. The molecular formula is C51H93NO5. The Morgan fingerprint density at radius 3 is 1.46 bits per heavy atom. The number of allylic oxidation sites excluding steroid dienone is 8. The minimum atomic E-state index is -0.796. The van der Waals surface area contributed by atoms with Crippen LogP contribution in [-0.4, -0.2) is 46.9 Å². The fourth-order valence-electron chi connectivity index (χ4n) is 7.18. The van der Waals surface area contributed by atoms with Crippen molar-refractivity contribution in [2.24, 2.45) is 0 Å². The second kappa shape index (κ2) is 44.9. The Hall–Kier alpha value is -2.18. The number of hydrogen-bond acceptors (Lipinski definition) is 5. The lowest BCUT2D eigenvalue weighted by molar-refractivity contribution is -0.151. The van der Waals surface area contributed by atoms with E-state index in [1.165, 1.54) is 116 Å². The van der Waals surface area contributed by atoms with E-state index in [0.717, 1.165) is 77.0 Å². The third kappa shape index (κ3) is 40.4. The fraction of sp³-hybridized carbons (Fsp3) is 0.804. The molecule has 0 aromatic heterocycles. The Labute approximate surface area is 353 Å². The average Bonchev–Trinajstić information content (AvgIpc) is 3.20. The first-order chi connectivity index (χ1) is 28.0. The van der Waals surface area contributed by atoms with Crippen molar-refractivity contribution in [2.75, 3.05) is 6.61 Å². The normalized spacial score (nSPS) is 13.7. The third-order valence-electron chi connectivity index (χ3n) is 10.9. The zero-order valence-corrected chi connectivity index (χ0v) is 37.7. The van der Waals surface area contributed by atoms with Crippen LogP contribution in [0.25, 0.3) is 0 Å². The van der Waals surface area contributed by atoms with Crippen LogP contribution in [-0.2, 0) is 14.3 Å². The number of carbonyl (C=O) groups excluding carboxylic acids is 2. The number of carbonyl (C=O) groups is 2. The lowest BCUT2D eigenvalue weighted by Crippen LogP contribution is -2.46. The summed E-state index contributed by atoms with van der Waals surface area (Å²) in [5, 5.41) is 23.7. The van der Waals surface area contributed by atoms with Gasteiger partial charge in [-0.05, 0) is 70.6 Å². The van der Waals surface area contributed by atoms with Crippen molar-refractivity contribution >= 4 is 11.9 Å². The number of rotatable bonds is 43. The molecule has 0 aliphatic heterocycles. The molecule has 0 rings (SSSR count). The highest BCUT2D eigenvalue weighted by Crippen LogP contribution is 2.17. The van der Waals surface area contributed by atoms with Gasteiger partial charge in [-0.2, -0.15) is 0 Å². The molecule has 0 heterocycles. The summed E-state index contributed by atoms with van der Waals surface area (Å²) in [6.45, 7) is 6.40. The Kier molecular flexibility index (Phi) is 43.2. The molecule has 57 heavy (non-hydrogen) atoms. The topological polar surface area (TPSA) is 95.9 Å². The number of aliphatic hydroxyl groups excluding tert-OH is 2. The van der Waals surface area contributed by atoms with Gasteiger partial charge in [0.05, 0.1) is 25.2 Å². The quantitative estimate of drug-likeness (QED) is 0.0247. The van der Waals surface area contributed by atoms with Gasteiger partial charge in [0.1, 0.15) is 6.10 Å². The maximum atomic E-state index is 13.1. The number of unbranched alkanes of at least 4 members (excludes halogenated alkanes) is 25. The molecule has 1 amide bonds. The van der Waals surface area contributed by atoms with Gasteiger partial charge >= 0.3 is 5.97 Å². The number of amides is 1. The molecule has 0 spiro atoms. The second-order valence-corrected chi connectivity index (χ2v) is 16.6. The van der Waals surface area contributed by atoms with Crippen molar-refractivity contribution in [1.29, 1.82) is 0 Å². The van der Waals surface area contributed by atoms with Crippen molar-refractivity contribution in [3.05, 3.63) is 48.6 Å². The summed E-state index contributed by atoms with van der Waals surface area (Å²) in [5.41, 5.74) is 0. The van der Waals surface area contributed by atoms with Crippen LogP contribution in [0.5, 0.6) is 0 Å². The van der Waals surface area contributed by atoms with Crippen LogP contribution >= 0.6 is 0 Å². The number of esters is 1. The Balaban J connectivity index is 4.68. The lowest BCUT2D eigenvalue weighted by atomic mass is 10.0. The Morgan fingerprint density at radius 1 is 0.509 bits per heavy atom. The first-order valence-electron chi connectivity index (χ1n) is 24.4. The van der Waals surface area contributed by atoms with Crippen molar-refractivity contribution in [3.63, 3.8) is 0 Å². The first kappa shape index (κ1) is 54.8. The summed E-state index contributed by atoms with van der Waals surface area (Å²) >= 11 is 0. The summed E-state index contributed by atoms with van der Waals surface area (Å²) in [7, 11) is 0. The van der Waals surface area contributed by atoms with Gasteiger partial charge in [-0.1, -0.05) is 204 Å². The van der Waals surface area contributed by atoms with Gasteiger partial charge in [0.25, 0.3) is 0 Å². The van der Waals surface area contributed by atoms with Crippen LogP contribution < -0.4 is 5.32 Å². The zero-order chi connectivity index (χ0) is 41.7. The molecule has 3 unspecified atom stereocenters. The van der Waals surface area contributed by atoms with E-state index in [2.05, 4.69) is 74.7 Å². The molecule has 0 fully saturated rings. The van der Waals surface area contributed by atoms with E-state index in [-0.39, 0.29) is 24.9 Å². The van der Waals surface area contributed by atoms with Gasteiger partial charge in [-0.25, -0.2) is 0 Å². The molecule has 0 saturated carbocycles. The average molecular weight is 800 g/mol. The number of ether oxygens (including phenoxy) is 1. The number of aliphatic hydroxyl groups is 2. The first-order valence-corrected chi connectivity index (χ1v) is 24.4. The summed E-state index contributed by atoms with van der Waals surface area (Å²) in [6.07, 6.45) is 53.1. The highest BCUT2D eigenvalue weighted by Gasteiger charge is 2.24. The molecule has 0 aliphatic carbocycles. The van der Waals surface area contributed by atoms with Gasteiger partial charge in [0.15, 0.2) is 0 Å². The molecule has 0 aliphatic rings. The fourth-order valence-corrected chi connectivity index (χ4v) is 7.18. The van der Waals surface area contributed by atoms with Crippen molar-refractivity contribution in [1.82, 2.24) is 5.32 Å². The van der Waals surface area contributed by atoms with Crippen LogP contribution in [0.3, 0.4) is 0 Å². The Morgan fingerprint density at radius 2 is 0.930 bits per heavy atom. The number of nitrogens with one attached hydrogen (secondary N) is 1. The molecular weight excluding hydrogens is 707 g/mol. The van der Waals surface area contributed by atoms with Gasteiger partial charge in [0.2, 0.25) is 5.91 Å². The van der Waals surface area contributed by atoms with E-state index >= 15 is 0 Å². The summed E-state index contributed by atoms with van der Waals surface area (Å²) in [6, 6.07) is -0.712. The molecule has 332 valence electrons. The monoisotopic (exact) mass is 800 g/mol. The van der Waals surface area contributed by atoms with Crippen LogP contribution in [0.15, 0.2) is 48.6 Å². The van der Waals surface area contributed by atoms with E-state index in [0.29, 0.717) is 19.3 Å². The zero-order valence-electron chi connectivity index (χ0n) is 37.7. The molecule has 0 saturated heterocycles. The van der Waals surface area contributed by atoms with E-state index in [1.807, 2.05) is 0 Å². The Bertz CT molecular complexity index is 988. The SMILES string of the molecule is CCCC/C=C\CCCCCCCC(=O)OC(CCCCC/C=C/C=C/C=C/CCCCCCC)CC(=O)NC(CO)C(O)CCCCCCCCCCCCC. The maximum Gasteiger partial charge on any atom is 0.306 e. The van der Waals surface area contributed by atoms with E-state index in [4.69, 9.17) is 4.74 Å². The number of hydrogen-bond donors (Lipinski definition) is 3. The van der Waals surface area contributed by atoms with Crippen molar-refractivity contribution in [2.45, 2.75) is 257 Å². The standard InChI is InChI=1S/C51H93NO5/c1-4-7-10-13-16-19-22-23-24-25-26-29-30-33-36-39-42-47(57-51(56)44-41-38-35-32-28-21-18-15-12-9-6-3)45-50(55)52-48(46-53)49(54)43-40-37-34-31-27-20-17-14-11-8-5-2/h15,18,22-26,29,47-49,53-54H,4-14,16-17,19-21,27-28,30-46H2,1-3H3,(H,52,55)/b18-15-,23-22+,25-24+,29-26+. The summed E-state index contributed by atoms with van der Waals surface area (Å²) in [5.74, 6) is -0.518. The molecule has 3 N–H and O–H groups in total. The molecule has 0 bridgehead atoms. The van der Waals surface area contributed by atoms with Crippen molar-refractivity contribution in [3.8, 4) is 0 Å². The lowest BCUT2D eigenvalue weighted by Gasteiger charge is -2.24. The minimum absolute atomic E-state index is 0.0517. The second-order valence-electron chi connectivity index (χ2n) is 16.6. The van der Waals surface area contributed by atoms with Crippen LogP contribution in [0.4, 0.5) is 0 Å². The highest BCUT2D eigenvalue weighted by molar-refractivity contribution is 5.77. The molecule has 0 radical (unpaired) electrons. The summed E-state index contributed by atoms with van der Waals surface area (Å²) < 4.78 is 5.89. The molecule has 6 nitrogen and oxygen atoms in total. The predicted molar refractivity (Wildman–Crippen MR) is 245 cm³/mol. The van der Waals surface area contributed by atoms with Gasteiger partial charge < -0.3 is 20.3 Å². The molecule has 3 atom stereocenters. The van der Waals surface area contributed by atoms with Crippen LogP contribution in [0.1, 0.15) is 239 Å². The molecule has 0 aromatic carbocycles.